The minimum absolute atomic E-state index is 0.0331. The predicted octanol–water partition coefficient (Wildman–Crippen LogP) is 4.71. The van der Waals surface area contributed by atoms with Crippen LogP contribution in [0.3, 0.4) is 0 Å². The third-order valence-corrected chi connectivity index (χ3v) is 5.21. The number of rotatable bonds is 2. The van der Waals surface area contributed by atoms with E-state index < -0.39 is 0 Å². The Morgan fingerprint density at radius 2 is 1.84 bits per heavy atom. The van der Waals surface area contributed by atoms with Gasteiger partial charge in [-0.15, -0.1) is 11.3 Å². The van der Waals surface area contributed by atoms with Gasteiger partial charge < -0.3 is 4.90 Å². The number of hydrogen-bond donors (Lipinski definition) is 0. The lowest BCUT2D eigenvalue weighted by Gasteiger charge is -2.19. The molecule has 0 N–H and O–H groups in total. The number of thiophene rings is 1. The first-order valence-electron chi connectivity index (χ1n) is 6.01. The number of aryl methyl sites for hydroxylation is 3. The maximum Gasteiger partial charge on any atom is 0.268 e. The highest BCUT2D eigenvalue weighted by atomic mass is 79.9. The van der Waals surface area contributed by atoms with Gasteiger partial charge in [0.15, 0.2) is 0 Å². The van der Waals surface area contributed by atoms with Crippen molar-refractivity contribution in [3.05, 3.63) is 49.6 Å². The lowest BCUT2D eigenvalue weighted by molar-refractivity contribution is 0.0996. The Hall–Kier alpha value is -1.13. The van der Waals surface area contributed by atoms with E-state index in [9.17, 15) is 4.79 Å². The monoisotopic (exact) mass is 337 g/mol. The zero-order valence-corrected chi connectivity index (χ0v) is 13.9. The summed E-state index contributed by atoms with van der Waals surface area (Å²) in [6.07, 6.45) is 0. The Morgan fingerprint density at radius 1 is 1.16 bits per heavy atom. The van der Waals surface area contributed by atoms with Gasteiger partial charge in [0.05, 0.1) is 8.66 Å². The number of anilines is 1. The van der Waals surface area contributed by atoms with Crippen LogP contribution in [0, 0.1) is 20.8 Å². The number of amides is 1. The molecule has 1 aromatic heterocycles. The van der Waals surface area contributed by atoms with Gasteiger partial charge >= 0.3 is 0 Å². The molecule has 2 rings (SSSR count). The van der Waals surface area contributed by atoms with Crippen LogP contribution in [0.2, 0.25) is 0 Å². The lowest BCUT2D eigenvalue weighted by Crippen LogP contribution is -2.26. The van der Waals surface area contributed by atoms with Crippen molar-refractivity contribution in [3.8, 4) is 0 Å². The minimum atomic E-state index is 0.0331. The SMILES string of the molecule is Cc1ccc(N(C)C(=O)c2cc(C)c(Br)s2)c(C)c1. The van der Waals surface area contributed by atoms with Gasteiger partial charge in [-0.3, -0.25) is 4.79 Å². The molecule has 0 unspecified atom stereocenters. The molecule has 0 radical (unpaired) electrons. The van der Waals surface area contributed by atoms with Crippen LogP contribution in [0.25, 0.3) is 0 Å². The predicted molar refractivity (Wildman–Crippen MR) is 85.4 cm³/mol. The summed E-state index contributed by atoms with van der Waals surface area (Å²) in [6, 6.07) is 8.05. The second kappa shape index (κ2) is 5.47. The quantitative estimate of drug-likeness (QED) is 0.776. The topological polar surface area (TPSA) is 20.3 Å². The molecule has 0 aliphatic rings. The van der Waals surface area contributed by atoms with Crippen molar-refractivity contribution in [2.45, 2.75) is 20.8 Å². The summed E-state index contributed by atoms with van der Waals surface area (Å²) in [5.41, 5.74) is 4.38. The zero-order chi connectivity index (χ0) is 14.2. The third kappa shape index (κ3) is 2.90. The average molecular weight is 338 g/mol. The van der Waals surface area contributed by atoms with Crippen LogP contribution < -0.4 is 4.90 Å². The van der Waals surface area contributed by atoms with E-state index in [0.29, 0.717) is 0 Å². The number of carbonyl (C=O) groups is 1. The Balaban J connectivity index is 2.33. The highest BCUT2D eigenvalue weighted by Gasteiger charge is 2.18. The number of hydrogen-bond acceptors (Lipinski definition) is 2. The van der Waals surface area contributed by atoms with E-state index in [2.05, 4.69) is 28.9 Å². The molecule has 0 fully saturated rings. The zero-order valence-electron chi connectivity index (χ0n) is 11.5. The van der Waals surface area contributed by atoms with Gasteiger partial charge in [0.2, 0.25) is 0 Å². The molecule has 0 aliphatic carbocycles. The summed E-state index contributed by atoms with van der Waals surface area (Å²) < 4.78 is 1.02. The van der Waals surface area contributed by atoms with Crippen molar-refractivity contribution in [2.75, 3.05) is 11.9 Å². The van der Waals surface area contributed by atoms with Crippen LogP contribution in [-0.4, -0.2) is 13.0 Å². The first kappa shape index (κ1) is 14.3. The molecule has 2 aromatic rings. The van der Waals surface area contributed by atoms with E-state index in [1.807, 2.05) is 39.1 Å². The van der Waals surface area contributed by atoms with Crippen molar-refractivity contribution in [1.29, 1.82) is 0 Å². The molecule has 19 heavy (non-hydrogen) atoms. The van der Waals surface area contributed by atoms with Crippen LogP contribution in [0.1, 0.15) is 26.4 Å². The van der Waals surface area contributed by atoms with Crippen LogP contribution >= 0.6 is 27.3 Å². The van der Waals surface area contributed by atoms with Gasteiger partial charge in [-0.25, -0.2) is 0 Å². The largest absolute Gasteiger partial charge is 0.310 e. The van der Waals surface area contributed by atoms with Gasteiger partial charge in [0.1, 0.15) is 0 Å². The molecule has 0 bridgehead atoms. The molecule has 0 aliphatic heterocycles. The van der Waals surface area contributed by atoms with Crippen LogP contribution in [0.5, 0.6) is 0 Å². The molecular weight excluding hydrogens is 322 g/mol. The van der Waals surface area contributed by atoms with E-state index in [1.54, 1.807) is 4.90 Å². The summed E-state index contributed by atoms with van der Waals surface area (Å²) >= 11 is 4.94. The number of benzene rings is 1. The molecular formula is C15H16BrNOS. The number of carbonyl (C=O) groups excluding carboxylic acids is 1. The second-order valence-electron chi connectivity index (χ2n) is 4.72. The summed E-state index contributed by atoms with van der Waals surface area (Å²) in [7, 11) is 1.82. The molecule has 4 heteroatoms. The summed E-state index contributed by atoms with van der Waals surface area (Å²) in [5, 5.41) is 0. The van der Waals surface area contributed by atoms with E-state index in [1.165, 1.54) is 16.9 Å². The van der Waals surface area contributed by atoms with Gasteiger partial charge in [0, 0.05) is 12.7 Å². The smallest absolute Gasteiger partial charge is 0.268 e. The summed E-state index contributed by atoms with van der Waals surface area (Å²) in [4.78, 5) is 14.9. The van der Waals surface area contributed by atoms with Crippen LogP contribution in [0.15, 0.2) is 28.1 Å². The molecule has 0 saturated heterocycles. The van der Waals surface area contributed by atoms with Crippen molar-refractivity contribution in [3.63, 3.8) is 0 Å². The standard InChI is InChI=1S/C15H16BrNOS/c1-9-5-6-12(10(2)7-9)17(4)15(18)13-8-11(3)14(16)19-13/h5-8H,1-4H3. The fraction of sp³-hybridized carbons (Fsp3) is 0.267. The Morgan fingerprint density at radius 3 is 2.37 bits per heavy atom. The average Bonchev–Trinajstić information content (AvgIpc) is 2.68. The molecule has 0 atom stereocenters. The highest BCUT2D eigenvalue weighted by molar-refractivity contribution is 9.11. The van der Waals surface area contributed by atoms with Crippen molar-refractivity contribution < 1.29 is 4.79 Å². The van der Waals surface area contributed by atoms with Crippen molar-refractivity contribution >= 4 is 38.9 Å². The van der Waals surface area contributed by atoms with Crippen LogP contribution in [0.4, 0.5) is 5.69 Å². The molecule has 2 nitrogen and oxygen atoms in total. The summed E-state index contributed by atoms with van der Waals surface area (Å²) in [5.74, 6) is 0.0331. The highest BCUT2D eigenvalue weighted by Crippen LogP contribution is 2.29. The fourth-order valence-corrected chi connectivity index (χ4v) is 3.53. The van der Waals surface area contributed by atoms with Gasteiger partial charge in [-0.2, -0.15) is 0 Å². The van der Waals surface area contributed by atoms with E-state index >= 15 is 0 Å². The van der Waals surface area contributed by atoms with Gasteiger partial charge in [-0.1, -0.05) is 17.7 Å². The lowest BCUT2D eigenvalue weighted by atomic mass is 10.1. The molecule has 0 spiro atoms. The number of nitrogens with zero attached hydrogens (tertiary/aromatic N) is 1. The Bertz CT molecular complexity index is 614. The normalized spacial score (nSPS) is 10.6. The first-order valence-corrected chi connectivity index (χ1v) is 7.62. The molecule has 0 saturated carbocycles. The van der Waals surface area contributed by atoms with Gasteiger partial charge in [-0.05, 0) is 60.0 Å². The van der Waals surface area contributed by atoms with Crippen molar-refractivity contribution in [2.24, 2.45) is 0 Å². The van der Waals surface area contributed by atoms with E-state index in [0.717, 1.165) is 25.5 Å². The summed E-state index contributed by atoms with van der Waals surface area (Å²) in [6.45, 7) is 6.08. The Labute approximate surface area is 126 Å². The molecule has 1 heterocycles. The van der Waals surface area contributed by atoms with E-state index in [-0.39, 0.29) is 5.91 Å². The first-order chi connectivity index (χ1) is 8.90. The molecule has 1 aromatic carbocycles. The third-order valence-electron chi connectivity index (χ3n) is 3.09. The maximum atomic E-state index is 12.5. The molecule has 1 amide bonds. The number of halogens is 1. The van der Waals surface area contributed by atoms with Gasteiger partial charge in [0.25, 0.3) is 5.91 Å². The molecule has 100 valence electrons. The maximum absolute atomic E-state index is 12.5. The van der Waals surface area contributed by atoms with Crippen LogP contribution in [-0.2, 0) is 0 Å². The second-order valence-corrected chi connectivity index (χ2v) is 7.09. The Kier molecular flexibility index (Phi) is 4.11. The minimum Gasteiger partial charge on any atom is -0.310 e. The van der Waals surface area contributed by atoms with Crippen molar-refractivity contribution in [1.82, 2.24) is 0 Å². The van der Waals surface area contributed by atoms with E-state index in [4.69, 9.17) is 0 Å². The fourth-order valence-electron chi connectivity index (χ4n) is 2.02.